The molecule has 6 heterocycles. The molecule has 0 fully saturated rings. The van der Waals surface area contributed by atoms with Gasteiger partial charge in [-0.25, -0.2) is 0 Å². The van der Waals surface area contributed by atoms with Crippen molar-refractivity contribution in [1.82, 2.24) is 29.9 Å². The molecule has 0 aliphatic rings. The Hall–Kier alpha value is -7.66. The molecule has 0 spiro atoms. The number of carboxylic acid groups (broad SMARTS) is 6. The van der Waals surface area contributed by atoms with E-state index in [2.05, 4.69) is 29.9 Å². The van der Waals surface area contributed by atoms with Crippen LogP contribution < -0.4 is 30.6 Å². The fraction of sp³-hybridized carbons (Fsp3) is 0. The van der Waals surface area contributed by atoms with Crippen molar-refractivity contribution in [3.63, 3.8) is 0 Å². The number of rotatable bonds is 9. The summed E-state index contributed by atoms with van der Waals surface area (Å²) < 4.78 is 0. The van der Waals surface area contributed by atoms with Gasteiger partial charge in [-0.1, -0.05) is 0 Å². The van der Waals surface area contributed by atoms with Crippen LogP contribution in [0.15, 0.2) is 110 Å². The molecule has 0 aromatic carbocycles. The van der Waals surface area contributed by atoms with Crippen LogP contribution in [0.3, 0.4) is 0 Å². The number of carbonyl (C=O) groups is 6. The van der Waals surface area contributed by atoms with Gasteiger partial charge in [0.2, 0.25) is 0 Å². The summed E-state index contributed by atoms with van der Waals surface area (Å²) >= 11 is 0. The Balaban J connectivity index is 0.000000220. The van der Waals surface area contributed by atoms with Gasteiger partial charge in [0.15, 0.2) is 0 Å². The molecular weight excluding hydrogens is 809 g/mol. The summed E-state index contributed by atoms with van der Waals surface area (Å²) in [4.78, 5) is 87.7. The zero-order valence-corrected chi connectivity index (χ0v) is 29.1. The third-order valence-corrected chi connectivity index (χ3v) is 6.76. The smallest absolute Gasteiger partial charge is 0.545 e. The standard InChI is InChI=1S/3C12H8N2O4.Ru/c3*15-11(16)7-1-3-13-9(5-7)10-6-8(12(17)18)2-4-14-10;/h3*1-6H,(H,15,16)(H,17,18);/q;;;+2/p-6. The number of carboxylic acids is 6. The van der Waals surface area contributed by atoms with Crippen molar-refractivity contribution in [1.29, 1.82) is 0 Å². The monoisotopic (exact) mass is 828 g/mol. The van der Waals surface area contributed by atoms with Gasteiger partial charge in [-0.05, 0) is 72.8 Å². The molecule has 18 nitrogen and oxygen atoms in total. The van der Waals surface area contributed by atoms with Gasteiger partial charge >= 0.3 is 19.5 Å². The second-order valence-corrected chi connectivity index (χ2v) is 10.3. The van der Waals surface area contributed by atoms with Crippen LogP contribution >= 0.6 is 0 Å². The van der Waals surface area contributed by atoms with E-state index in [1.54, 1.807) is 0 Å². The molecule has 6 aromatic rings. The van der Waals surface area contributed by atoms with Crippen molar-refractivity contribution < 1.29 is 78.9 Å². The summed E-state index contributed by atoms with van der Waals surface area (Å²) in [5.74, 6) is -8.03. The Morgan fingerprint density at radius 1 is 0.291 bits per heavy atom. The summed E-state index contributed by atoms with van der Waals surface area (Å²) in [6.45, 7) is 0. The molecule has 0 aliphatic carbocycles. The molecule has 0 amide bonds. The quantitative estimate of drug-likeness (QED) is 0.128. The number of hydrogen-bond donors (Lipinski definition) is 0. The average Bonchev–Trinajstić information content (AvgIpc) is 3.18. The van der Waals surface area contributed by atoms with Crippen LogP contribution in [0.5, 0.6) is 0 Å². The van der Waals surface area contributed by atoms with E-state index in [9.17, 15) is 59.4 Å². The van der Waals surface area contributed by atoms with Crippen LogP contribution in [0.2, 0.25) is 0 Å². The van der Waals surface area contributed by atoms with Crippen LogP contribution in [-0.4, -0.2) is 65.7 Å². The average molecular weight is 828 g/mol. The van der Waals surface area contributed by atoms with Crippen molar-refractivity contribution in [2.45, 2.75) is 0 Å². The van der Waals surface area contributed by atoms with Gasteiger partial charge in [-0.3, -0.25) is 29.9 Å². The van der Waals surface area contributed by atoms with Crippen LogP contribution in [-0.2, 0) is 19.5 Å². The maximum Gasteiger partial charge on any atom is 2.00 e. The number of pyridine rings is 6. The van der Waals surface area contributed by atoms with Crippen LogP contribution in [0.1, 0.15) is 62.1 Å². The second kappa shape index (κ2) is 19.3. The van der Waals surface area contributed by atoms with Crippen molar-refractivity contribution in [2.24, 2.45) is 0 Å². The van der Waals surface area contributed by atoms with Crippen LogP contribution in [0.25, 0.3) is 34.2 Å². The Morgan fingerprint density at radius 2 is 0.418 bits per heavy atom. The summed E-state index contributed by atoms with van der Waals surface area (Å²) in [6.07, 6.45) is 7.71. The molecule has 0 atom stereocenters. The van der Waals surface area contributed by atoms with E-state index in [4.69, 9.17) is 0 Å². The molecule has 19 heteroatoms. The predicted molar refractivity (Wildman–Crippen MR) is 168 cm³/mol. The van der Waals surface area contributed by atoms with Gasteiger partial charge in [-0.2, -0.15) is 0 Å². The second-order valence-electron chi connectivity index (χ2n) is 10.3. The molecule has 6 aromatic heterocycles. The number of aromatic nitrogens is 6. The molecule has 0 aliphatic heterocycles. The van der Waals surface area contributed by atoms with Crippen molar-refractivity contribution >= 4 is 35.8 Å². The Kier molecular flexibility index (Phi) is 14.6. The number of hydrogen-bond acceptors (Lipinski definition) is 18. The minimum Gasteiger partial charge on any atom is -0.545 e. The molecule has 55 heavy (non-hydrogen) atoms. The fourth-order valence-electron chi connectivity index (χ4n) is 4.19. The molecule has 0 unspecified atom stereocenters. The largest absolute Gasteiger partial charge is 2.00 e. The normalized spacial score (nSPS) is 9.82. The van der Waals surface area contributed by atoms with E-state index in [0.717, 1.165) is 0 Å². The molecule has 0 saturated heterocycles. The van der Waals surface area contributed by atoms with Crippen LogP contribution in [0, 0.1) is 0 Å². The topological polar surface area (TPSA) is 318 Å². The van der Waals surface area contributed by atoms with Gasteiger partial charge in [0.1, 0.15) is 0 Å². The molecular formula is C36H18N6O12Ru-4. The molecule has 0 saturated carbocycles. The maximum absolute atomic E-state index is 10.7. The zero-order valence-electron chi connectivity index (χ0n) is 27.3. The minimum absolute atomic E-state index is 0. The first-order chi connectivity index (χ1) is 25.7. The van der Waals surface area contributed by atoms with Crippen LogP contribution in [0.4, 0.5) is 0 Å². The summed E-state index contributed by atoms with van der Waals surface area (Å²) in [6, 6.07) is 15.2. The van der Waals surface area contributed by atoms with Gasteiger partial charge < -0.3 is 59.4 Å². The number of aromatic carboxylic acids is 6. The molecule has 0 radical (unpaired) electrons. The molecule has 6 rings (SSSR count). The minimum atomic E-state index is -1.34. The first kappa shape index (κ1) is 41.8. The number of carbonyl (C=O) groups excluding carboxylic acids is 6. The van der Waals surface area contributed by atoms with Gasteiger partial charge in [0.05, 0.1) is 70.0 Å². The van der Waals surface area contributed by atoms with Crippen molar-refractivity contribution in [2.75, 3.05) is 0 Å². The molecule has 0 bridgehead atoms. The Morgan fingerprint density at radius 3 is 0.527 bits per heavy atom. The molecule has 276 valence electrons. The van der Waals surface area contributed by atoms with E-state index in [0.29, 0.717) is 0 Å². The first-order valence-electron chi connectivity index (χ1n) is 14.8. The predicted octanol–water partition coefficient (Wildman–Crippen LogP) is -3.39. The van der Waals surface area contributed by atoms with Gasteiger partial charge in [0.25, 0.3) is 0 Å². The number of nitrogens with zero attached hydrogens (tertiary/aromatic N) is 6. The summed E-state index contributed by atoms with van der Waals surface area (Å²) in [7, 11) is 0. The maximum atomic E-state index is 10.7. The fourth-order valence-corrected chi connectivity index (χ4v) is 4.19. The van der Waals surface area contributed by atoms with E-state index in [1.807, 2.05) is 0 Å². The van der Waals surface area contributed by atoms with E-state index >= 15 is 0 Å². The van der Waals surface area contributed by atoms with E-state index < -0.39 is 35.8 Å². The van der Waals surface area contributed by atoms with Crippen molar-refractivity contribution in [3.8, 4) is 34.2 Å². The SMILES string of the molecule is O=C([O-])c1ccnc(-c2cc(C(=O)[O-])ccn2)c1.O=C([O-])c1ccnc(-c2cc(C(=O)[O-])ccn2)c1.O=C([O-])c1ccnc(-c2cc(C(=O)[O-])ccn2)c1.[Ru+2]. The van der Waals surface area contributed by atoms with Gasteiger partial charge in [-0.15, -0.1) is 0 Å². The van der Waals surface area contributed by atoms with Gasteiger partial charge in [0, 0.05) is 70.6 Å². The summed E-state index contributed by atoms with van der Waals surface area (Å²) in [5, 5.41) is 64.2. The third-order valence-electron chi connectivity index (χ3n) is 6.76. The Labute approximate surface area is 321 Å². The summed E-state index contributed by atoms with van der Waals surface area (Å²) in [5.41, 5.74) is 1.17. The van der Waals surface area contributed by atoms with E-state index in [-0.39, 0.29) is 87.0 Å². The Bertz CT molecular complexity index is 1980. The van der Waals surface area contributed by atoms with E-state index in [1.165, 1.54) is 110 Å². The first-order valence-corrected chi connectivity index (χ1v) is 14.8. The third kappa shape index (κ3) is 11.7. The molecule has 0 N–H and O–H groups in total. The zero-order chi connectivity index (χ0) is 39.4. The van der Waals surface area contributed by atoms with Crippen molar-refractivity contribution in [3.05, 3.63) is 143 Å².